The van der Waals surface area contributed by atoms with Crippen LogP contribution in [-0.2, 0) is 20.9 Å². The summed E-state index contributed by atoms with van der Waals surface area (Å²) in [6.45, 7) is 2.11. The van der Waals surface area contributed by atoms with Crippen LogP contribution in [0.25, 0.3) is 28.0 Å². The van der Waals surface area contributed by atoms with E-state index in [1.54, 1.807) is 19.2 Å². The van der Waals surface area contributed by atoms with Crippen molar-refractivity contribution in [2.75, 3.05) is 38.8 Å². The van der Waals surface area contributed by atoms with Crippen molar-refractivity contribution in [3.63, 3.8) is 0 Å². The maximum Gasteiger partial charge on any atom is 0.255 e. The summed E-state index contributed by atoms with van der Waals surface area (Å²) in [7, 11) is 1.65. The molecule has 0 bridgehead atoms. The predicted octanol–water partition coefficient (Wildman–Crippen LogP) is 4.34. The second kappa shape index (κ2) is 13.5. The summed E-state index contributed by atoms with van der Waals surface area (Å²) in [6, 6.07) is 20.7. The molecule has 1 unspecified atom stereocenters. The van der Waals surface area contributed by atoms with Gasteiger partial charge in [0.05, 0.1) is 32.2 Å². The van der Waals surface area contributed by atoms with Gasteiger partial charge in [0, 0.05) is 48.6 Å². The fourth-order valence-electron chi connectivity index (χ4n) is 5.95. The minimum Gasteiger partial charge on any atom is -0.495 e. The van der Waals surface area contributed by atoms with Crippen LogP contribution in [-0.4, -0.2) is 76.5 Å². The van der Waals surface area contributed by atoms with E-state index < -0.39 is 11.9 Å². The Hall–Kier alpha value is -5.75. The van der Waals surface area contributed by atoms with E-state index in [2.05, 4.69) is 39.9 Å². The van der Waals surface area contributed by atoms with Gasteiger partial charge in [-0.1, -0.05) is 24.3 Å². The molecule has 2 aromatic carbocycles. The van der Waals surface area contributed by atoms with Gasteiger partial charge in [0.25, 0.3) is 5.91 Å². The number of aromatic nitrogens is 3. The molecule has 48 heavy (non-hydrogen) atoms. The molecule has 12 nitrogen and oxygen atoms in total. The van der Waals surface area contributed by atoms with Gasteiger partial charge < -0.3 is 28.8 Å². The molecule has 1 atom stereocenters. The number of pyridine rings is 2. The van der Waals surface area contributed by atoms with Crippen LogP contribution in [0, 0.1) is 0 Å². The number of imide groups is 1. The van der Waals surface area contributed by atoms with Gasteiger partial charge >= 0.3 is 0 Å². The molecule has 12 heteroatoms. The molecule has 2 aliphatic heterocycles. The number of hydrogen-bond donors (Lipinski definition) is 2. The highest BCUT2D eigenvalue weighted by atomic mass is 16.5. The van der Waals surface area contributed by atoms with E-state index in [-0.39, 0.29) is 18.2 Å². The number of imidazole rings is 1. The van der Waals surface area contributed by atoms with Gasteiger partial charge in [0.1, 0.15) is 35.6 Å². The molecular weight excluding hydrogens is 612 g/mol. The number of fused-ring (bicyclic) bond motifs is 2. The van der Waals surface area contributed by atoms with E-state index in [1.165, 1.54) is 4.90 Å². The molecule has 3 amide bonds. The zero-order valence-corrected chi connectivity index (χ0v) is 26.3. The number of anilines is 1. The lowest BCUT2D eigenvalue weighted by Crippen LogP contribution is -2.52. The molecule has 244 valence electrons. The topological polar surface area (TPSA) is 136 Å². The number of piperidine rings is 1. The maximum absolute atomic E-state index is 12.9. The molecule has 5 heterocycles. The van der Waals surface area contributed by atoms with E-state index in [1.807, 2.05) is 53.3 Å². The number of hydrogen-bond acceptors (Lipinski definition) is 9. The van der Waals surface area contributed by atoms with Crippen molar-refractivity contribution in [3.8, 4) is 33.9 Å². The molecule has 1 saturated heterocycles. The molecular formula is C36H34N6O6. The normalized spacial score (nSPS) is 15.8. The molecule has 0 spiro atoms. The molecule has 2 N–H and O–H groups in total. The number of ether oxygens (including phenoxy) is 3. The Labute approximate surface area is 276 Å². The lowest BCUT2D eigenvalue weighted by atomic mass is 10.0. The minimum atomic E-state index is -0.638. The lowest BCUT2D eigenvalue weighted by molar-refractivity contribution is -0.136. The molecule has 2 aliphatic rings. The van der Waals surface area contributed by atoms with Crippen molar-refractivity contribution >= 4 is 29.2 Å². The second-order valence-corrected chi connectivity index (χ2v) is 11.6. The summed E-state index contributed by atoms with van der Waals surface area (Å²) in [5, 5.41) is 5.59. The first-order chi connectivity index (χ1) is 23.4. The van der Waals surface area contributed by atoms with Crippen molar-refractivity contribution in [2.24, 2.45) is 0 Å². The summed E-state index contributed by atoms with van der Waals surface area (Å²) in [5.74, 6) is 1.23. The second-order valence-electron chi connectivity index (χ2n) is 11.6. The number of nitrogens with zero attached hydrogens (tertiary/aromatic N) is 4. The average molecular weight is 647 g/mol. The van der Waals surface area contributed by atoms with Gasteiger partial charge in [0.15, 0.2) is 0 Å². The summed E-state index contributed by atoms with van der Waals surface area (Å²) >= 11 is 0. The summed E-state index contributed by atoms with van der Waals surface area (Å²) in [4.78, 5) is 47.4. The summed E-state index contributed by atoms with van der Waals surface area (Å²) in [6.07, 6.45) is 6.30. The van der Waals surface area contributed by atoms with Crippen LogP contribution in [0.4, 0.5) is 5.82 Å². The zero-order chi connectivity index (χ0) is 33.0. The quantitative estimate of drug-likeness (QED) is 0.150. The van der Waals surface area contributed by atoms with Gasteiger partial charge in [-0.05, 0) is 60.0 Å². The number of carbonyl (C=O) groups excluding carboxylic acids is 3. The van der Waals surface area contributed by atoms with Gasteiger partial charge in [-0.3, -0.25) is 19.7 Å². The van der Waals surface area contributed by atoms with Crippen LogP contribution in [0.5, 0.6) is 11.5 Å². The van der Waals surface area contributed by atoms with Crippen LogP contribution in [0.3, 0.4) is 0 Å². The maximum atomic E-state index is 12.9. The van der Waals surface area contributed by atoms with Crippen molar-refractivity contribution in [3.05, 3.63) is 96.4 Å². The third-order valence-corrected chi connectivity index (χ3v) is 8.48. The predicted molar refractivity (Wildman–Crippen MR) is 178 cm³/mol. The highest BCUT2D eigenvalue weighted by molar-refractivity contribution is 6.05. The first-order valence-electron chi connectivity index (χ1n) is 15.8. The first-order valence-corrected chi connectivity index (χ1v) is 15.8. The third-order valence-electron chi connectivity index (χ3n) is 8.48. The lowest BCUT2D eigenvalue weighted by Gasteiger charge is -2.29. The van der Waals surface area contributed by atoms with E-state index in [0.29, 0.717) is 50.6 Å². The van der Waals surface area contributed by atoms with E-state index in [9.17, 15) is 14.4 Å². The van der Waals surface area contributed by atoms with E-state index >= 15 is 0 Å². The fraction of sp³-hybridized carbons (Fsp3) is 0.250. The zero-order valence-electron chi connectivity index (χ0n) is 26.3. The number of benzene rings is 2. The van der Waals surface area contributed by atoms with E-state index in [0.717, 1.165) is 45.2 Å². The Kier molecular flexibility index (Phi) is 8.71. The standard InChI is InChI=1S/C36H34N6O6/c1-46-28-8-12-33-39-30(22-41(33)21-28)24-4-2-23(3-5-24)25-6-11-32(38-19-25)37-14-15-47-16-17-48-27-7-9-29-26(18-27)20-42(36(29)45)31-10-13-34(43)40-35(31)44/h2-9,11-12,18-19,21-22,31H,10,13-17,20H2,1H3,(H,37,38)(H,40,43,44). The number of methoxy groups -OCH3 is 1. The highest BCUT2D eigenvalue weighted by Gasteiger charge is 2.39. The Morgan fingerprint density at radius 1 is 0.896 bits per heavy atom. The smallest absolute Gasteiger partial charge is 0.255 e. The van der Waals surface area contributed by atoms with Crippen LogP contribution in [0.2, 0.25) is 0 Å². The number of amides is 3. The van der Waals surface area contributed by atoms with E-state index in [4.69, 9.17) is 19.2 Å². The van der Waals surface area contributed by atoms with Crippen LogP contribution in [0.1, 0.15) is 28.8 Å². The highest BCUT2D eigenvalue weighted by Crippen LogP contribution is 2.30. The van der Waals surface area contributed by atoms with Crippen molar-refractivity contribution in [1.82, 2.24) is 24.6 Å². The Morgan fingerprint density at radius 2 is 1.71 bits per heavy atom. The van der Waals surface area contributed by atoms with Crippen molar-refractivity contribution in [2.45, 2.75) is 25.4 Å². The van der Waals surface area contributed by atoms with Gasteiger partial charge in [-0.25, -0.2) is 9.97 Å². The molecule has 0 aliphatic carbocycles. The van der Waals surface area contributed by atoms with Crippen molar-refractivity contribution < 1.29 is 28.6 Å². The fourth-order valence-corrected chi connectivity index (χ4v) is 5.95. The largest absolute Gasteiger partial charge is 0.495 e. The SMILES string of the molecule is COc1ccc2nc(-c3ccc(-c4ccc(NCCOCCOc5ccc6c(c5)CN(C5CCC(=O)NC5=O)C6=O)nc4)cc3)cn2c1. The molecule has 3 aromatic heterocycles. The number of rotatable bonds is 12. The molecule has 7 rings (SSSR count). The Bertz CT molecular complexity index is 1970. The van der Waals surface area contributed by atoms with Crippen LogP contribution >= 0.6 is 0 Å². The van der Waals surface area contributed by atoms with Gasteiger partial charge in [-0.15, -0.1) is 0 Å². The van der Waals surface area contributed by atoms with Crippen LogP contribution < -0.4 is 20.1 Å². The van der Waals surface area contributed by atoms with Crippen LogP contribution in [0.15, 0.2) is 85.3 Å². The third kappa shape index (κ3) is 6.56. The van der Waals surface area contributed by atoms with Crippen molar-refractivity contribution in [1.29, 1.82) is 0 Å². The molecule has 5 aromatic rings. The first kappa shape index (κ1) is 30.9. The van der Waals surface area contributed by atoms with Gasteiger partial charge in [0.2, 0.25) is 11.8 Å². The minimum absolute atomic E-state index is 0.206. The summed E-state index contributed by atoms with van der Waals surface area (Å²) < 4.78 is 18.8. The Morgan fingerprint density at radius 3 is 2.50 bits per heavy atom. The number of nitrogens with one attached hydrogen (secondary N) is 2. The summed E-state index contributed by atoms with van der Waals surface area (Å²) in [5.41, 5.74) is 6.21. The number of carbonyl (C=O) groups is 3. The Balaban J connectivity index is 0.829. The molecule has 0 radical (unpaired) electrons. The monoisotopic (exact) mass is 646 g/mol. The molecule has 1 fully saturated rings. The average Bonchev–Trinajstić information content (AvgIpc) is 3.68. The van der Waals surface area contributed by atoms with Gasteiger partial charge in [-0.2, -0.15) is 0 Å². The molecule has 0 saturated carbocycles.